The molecule has 0 saturated carbocycles. The van der Waals surface area contributed by atoms with Gasteiger partial charge in [-0.05, 0) is 25.5 Å². The van der Waals surface area contributed by atoms with Gasteiger partial charge in [-0.3, -0.25) is 4.79 Å². The van der Waals surface area contributed by atoms with Crippen molar-refractivity contribution in [2.75, 3.05) is 32.0 Å². The topological polar surface area (TPSA) is 64.8 Å². The summed E-state index contributed by atoms with van der Waals surface area (Å²) < 4.78 is 11.1. The Labute approximate surface area is 119 Å². The molecule has 0 spiro atoms. The standard InChI is InChI=1S/C15H22N2O3/c1-12-11-17(7-3-8-19-12)15(18)6-9-20-14-5-2-4-13(16)10-14/h2,4-5,10,12H,3,6-9,11,16H2,1H3. The third kappa shape index (κ3) is 4.42. The molecule has 0 aliphatic carbocycles. The van der Waals surface area contributed by atoms with Gasteiger partial charge in [0, 0.05) is 31.5 Å². The van der Waals surface area contributed by atoms with Crippen molar-refractivity contribution in [2.45, 2.75) is 25.9 Å². The van der Waals surface area contributed by atoms with Gasteiger partial charge in [0.25, 0.3) is 0 Å². The second-order valence-corrected chi connectivity index (χ2v) is 5.05. The predicted octanol–water partition coefficient (Wildman–Crippen LogP) is 1.68. The molecule has 1 saturated heterocycles. The van der Waals surface area contributed by atoms with Crippen LogP contribution in [0.15, 0.2) is 24.3 Å². The van der Waals surface area contributed by atoms with Gasteiger partial charge in [0.15, 0.2) is 0 Å². The zero-order valence-electron chi connectivity index (χ0n) is 11.9. The maximum Gasteiger partial charge on any atom is 0.226 e. The molecule has 1 heterocycles. The summed E-state index contributed by atoms with van der Waals surface area (Å²) in [7, 11) is 0. The summed E-state index contributed by atoms with van der Waals surface area (Å²) in [6.45, 7) is 4.52. The largest absolute Gasteiger partial charge is 0.493 e. The lowest BCUT2D eigenvalue weighted by Gasteiger charge is -2.22. The Morgan fingerprint density at radius 1 is 1.55 bits per heavy atom. The Balaban J connectivity index is 1.77. The van der Waals surface area contributed by atoms with Crippen LogP contribution in [-0.2, 0) is 9.53 Å². The van der Waals surface area contributed by atoms with Crippen LogP contribution >= 0.6 is 0 Å². The summed E-state index contributed by atoms with van der Waals surface area (Å²) >= 11 is 0. The fourth-order valence-corrected chi connectivity index (χ4v) is 2.24. The first-order valence-electron chi connectivity index (χ1n) is 7.03. The third-order valence-electron chi connectivity index (χ3n) is 3.25. The van der Waals surface area contributed by atoms with E-state index in [-0.39, 0.29) is 12.0 Å². The van der Waals surface area contributed by atoms with Gasteiger partial charge < -0.3 is 20.1 Å². The molecule has 2 rings (SSSR count). The Bertz CT molecular complexity index is 450. The molecule has 1 aliphatic heterocycles. The lowest BCUT2D eigenvalue weighted by Crippen LogP contribution is -2.36. The molecule has 1 amide bonds. The summed E-state index contributed by atoms with van der Waals surface area (Å²) in [6.07, 6.45) is 1.38. The molecule has 0 bridgehead atoms. The number of rotatable bonds is 4. The summed E-state index contributed by atoms with van der Waals surface area (Å²) in [6, 6.07) is 7.23. The Kier molecular flexibility index (Phi) is 5.24. The van der Waals surface area contributed by atoms with Crippen molar-refractivity contribution in [3.63, 3.8) is 0 Å². The molecule has 20 heavy (non-hydrogen) atoms. The number of hydrogen-bond acceptors (Lipinski definition) is 4. The minimum absolute atomic E-state index is 0.108. The van der Waals surface area contributed by atoms with Crippen LogP contribution in [0, 0.1) is 0 Å². The maximum absolute atomic E-state index is 12.1. The number of benzene rings is 1. The van der Waals surface area contributed by atoms with Crippen LogP contribution in [0.5, 0.6) is 5.75 Å². The number of hydrogen-bond donors (Lipinski definition) is 1. The van der Waals surface area contributed by atoms with Crippen LogP contribution in [0.25, 0.3) is 0 Å². The van der Waals surface area contributed by atoms with E-state index in [0.29, 0.717) is 31.0 Å². The normalized spacial score (nSPS) is 19.4. The smallest absolute Gasteiger partial charge is 0.226 e. The van der Waals surface area contributed by atoms with E-state index >= 15 is 0 Å². The molecule has 1 atom stereocenters. The van der Waals surface area contributed by atoms with Crippen molar-refractivity contribution >= 4 is 11.6 Å². The van der Waals surface area contributed by atoms with Crippen LogP contribution < -0.4 is 10.5 Å². The van der Waals surface area contributed by atoms with Crippen molar-refractivity contribution in [3.8, 4) is 5.75 Å². The number of nitrogens with zero attached hydrogens (tertiary/aromatic N) is 1. The van der Waals surface area contributed by atoms with Gasteiger partial charge in [-0.1, -0.05) is 6.07 Å². The highest BCUT2D eigenvalue weighted by Crippen LogP contribution is 2.15. The van der Waals surface area contributed by atoms with E-state index in [1.54, 1.807) is 12.1 Å². The molecule has 1 unspecified atom stereocenters. The first-order valence-corrected chi connectivity index (χ1v) is 7.03. The maximum atomic E-state index is 12.1. The lowest BCUT2D eigenvalue weighted by atomic mass is 10.3. The average Bonchev–Trinajstić information content (AvgIpc) is 2.63. The van der Waals surface area contributed by atoms with E-state index in [0.717, 1.165) is 19.6 Å². The quantitative estimate of drug-likeness (QED) is 0.851. The van der Waals surface area contributed by atoms with Gasteiger partial charge in [0.05, 0.1) is 19.1 Å². The summed E-state index contributed by atoms with van der Waals surface area (Å²) in [5.41, 5.74) is 6.33. The van der Waals surface area contributed by atoms with E-state index in [2.05, 4.69) is 0 Å². The average molecular weight is 278 g/mol. The van der Waals surface area contributed by atoms with E-state index < -0.39 is 0 Å². The molecule has 0 radical (unpaired) electrons. The molecule has 1 aromatic rings. The van der Waals surface area contributed by atoms with Crippen LogP contribution in [0.1, 0.15) is 19.8 Å². The second kappa shape index (κ2) is 7.14. The number of ether oxygens (including phenoxy) is 2. The highest BCUT2D eigenvalue weighted by Gasteiger charge is 2.19. The third-order valence-corrected chi connectivity index (χ3v) is 3.25. The number of nitrogen functional groups attached to an aromatic ring is 1. The summed E-state index contributed by atoms with van der Waals surface area (Å²) in [5.74, 6) is 0.816. The minimum Gasteiger partial charge on any atom is -0.493 e. The van der Waals surface area contributed by atoms with Crippen molar-refractivity contribution in [3.05, 3.63) is 24.3 Å². The summed E-state index contributed by atoms with van der Waals surface area (Å²) in [5, 5.41) is 0. The van der Waals surface area contributed by atoms with E-state index in [1.807, 2.05) is 24.0 Å². The van der Waals surface area contributed by atoms with Crippen molar-refractivity contribution in [2.24, 2.45) is 0 Å². The molecule has 1 aliphatic rings. The summed E-state index contributed by atoms with van der Waals surface area (Å²) in [4.78, 5) is 14.0. The van der Waals surface area contributed by atoms with Crippen molar-refractivity contribution in [1.29, 1.82) is 0 Å². The molecule has 1 aromatic carbocycles. The molecule has 1 fully saturated rings. The molecule has 5 nitrogen and oxygen atoms in total. The molecule has 2 N–H and O–H groups in total. The Hall–Kier alpha value is -1.75. The van der Waals surface area contributed by atoms with E-state index in [1.165, 1.54) is 0 Å². The van der Waals surface area contributed by atoms with E-state index in [4.69, 9.17) is 15.2 Å². The number of carbonyl (C=O) groups is 1. The van der Waals surface area contributed by atoms with Gasteiger partial charge in [0.2, 0.25) is 5.91 Å². The monoisotopic (exact) mass is 278 g/mol. The number of carbonyl (C=O) groups excluding carboxylic acids is 1. The lowest BCUT2D eigenvalue weighted by molar-refractivity contribution is -0.132. The first-order chi connectivity index (χ1) is 9.65. The number of amides is 1. The zero-order valence-corrected chi connectivity index (χ0v) is 11.9. The minimum atomic E-state index is 0.108. The Morgan fingerprint density at radius 3 is 3.20 bits per heavy atom. The van der Waals surface area contributed by atoms with Crippen LogP contribution in [0.3, 0.4) is 0 Å². The fraction of sp³-hybridized carbons (Fsp3) is 0.533. The van der Waals surface area contributed by atoms with Crippen LogP contribution in [0.4, 0.5) is 5.69 Å². The van der Waals surface area contributed by atoms with Gasteiger partial charge in [-0.2, -0.15) is 0 Å². The van der Waals surface area contributed by atoms with Gasteiger partial charge in [0.1, 0.15) is 5.75 Å². The molecule has 5 heteroatoms. The van der Waals surface area contributed by atoms with Gasteiger partial charge >= 0.3 is 0 Å². The zero-order chi connectivity index (χ0) is 14.4. The molecular formula is C15H22N2O3. The van der Waals surface area contributed by atoms with Crippen molar-refractivity contribution in [1.82, 2.24) is 4.90 Å². The van der Waals surface area contributed by atoms with Crippen LogP contribution in [-0.4, -0.2) is 43.2 Å². The van der Waals surface area contributed by atoms with Crippen molar-refractivity contribution < 1.29 is 14.3 Å². The Morgan fingerprint density at radius 2 is 2.40 bits per heavy atom. The van der Waals surface area contributed by atoms with Gasteiger partial charge in [-0.15, -0.1) is 0 Å². The SMILES string of the molecule is CC1CN(C(=O)CCOc2cccc(N)c2)CCCO1. The number of anilines is 1. The van der Waals surface area contributed by atoms with Crippen LogP contribution in [0.2, 0.25) is 0 Å². The molecule has 0 aromatic heterocycles. The predicted molar refractivity (Wildman–Crippen MR) is 77.6 cm³/mol. The number of nitrogens with two attached hydrogens (primary N) is 1. The highest BCUT2D eigenvalue weighted by molar-refractivity contribution is 5.76. The second-order valence-electron chi connectivity index (χ2n) is 5.05. The van der Waals surface area contributed by atoms with E-state index in [9.17, 15) is 4.79 Å². The molecular weight excluding hydrogens is 256 g/mol. The van der Waals surface area contributed by atoms with Gasteiger partial charge in [-0.25, -0.2) is 0 Å². The fourth-order valence-electron chi connectivity index (χ4n) is 2.24. The molecule has 110 valence electrons. The highest BCUT2D eigenvalue weighted by atomic mass is 16.5. The first kappa shape index (κ1) is 14.7.